The van der Waals surface area contributed by atoms with Crippen molar-refractivity contribution in [1.82, 2.24) is 4.72 Å². The van der Waals surface area contributed by atoms with Crippen LogP contribution in [0.4, 0.5) is 0 Å². The summed E-state index contributed by atoms with van der Waals surface area (Å²) in [6.07, 6.45) is 0. The minimum absolute atomic E-state index is 0.461. The second-order valence-electron chi connectivity index (χ2n) is 4.28. The third-order valence-corrected chi connectivity index (χ3v) is 4.55. The Morgan fingerprint density at radius 1 is 1.22 bits per heavy atom. The molecule has 2 atom stereocenters. The highest BCUT2D eigenvalue weighted by Crippen LogP contribution is 2.15. The molecule has 5 nitrogen and oxygen atoms in total. The molecule has 6 heteroatoms. The van der Waals surface area contributed by atoms with E-state index in [1.165, 1.54) is 0 Å². The van der Waals surface area contributed by atoms with Crippen LogP contribution in [-0.2, 0) is 14.8 Å². The van der Waals surface area contributed by atoms with E-state index in [1.807, 2.05) is 31.2 Å². The van der Waals surface area contributed by atoms with Gasteiger partial charge in [0.2, 0.25) is 10.0 Å². The number of carboxylic acid groups (broad SMARTS) is 1. The summed E-state index contributed by atoms with van der Waals surface area (Å²) >= 11 is 0. The van der Waals surface area contributed by atoms with Gasteiger partial charge in [-0.1, -0.05) is 29.8 Å². The Balaban J connectivity index is 2.85. The fraction of sp³-hybridized carbons (Fsp3) is 0.417. The van der Waals surface area contributed by atoms with E-state index in [-0.39, 0.29) is 0 Å². The summed E-state index contributed by atoms with van der Waals surface area (Å²) in [5.41, 5.74) is 1.87. The number of hydrogen-bond donors (Lipinski definition) is 2. The van der Waals surface area contributed by atoms with Crippen LogP contribution in [0.1, 0.15) is 31.0 Å². The molecule has 0 aromatic heterocycles. The Bertz CT molecular complexity index is 522. The highest BCUT2D eigenvalue weighted by molar-refractivity contribution is 7.90. The lowest BCUT2D eigenvalue weighted by atomic mass is 10.1. The van der Waals surface area contributed by atoms with E-state index >= 15 is 0 Å². The molecule has 18 heavy (non-hydrogen) atoms. The lowest BCUT2D eigenvalue weighted by molar-refractivity contribution is -0.136. The maximum absolute atomic E-state index is 11.7. The van der Waals surface area contributed by atoms with E-state index in [0.29, 0.717) is 0 Å². The highest BCUT2D eigenvalue weighted by Gasteiger charge is 2.29. The Labute approximate surface area is 107 Å². The molecule has 1 aromatic carbocycles. The van der Waals surface area contributed by atoms with Crippen LogP contribution in [0, 0.1) is 6.92 Å². The first kappa shape index (κ1) is 14.7. The number of carbonyl (C=O) groups is 1. The van der Waals surface area contributed by atoms with E-state index in [4.69, 9.17) is 5.11 Å². The molecule has 1 rings (SSSR count). The van der Waals surface area contributed by atoms with Crippen molar-refractivity contribution in [1.29, 1.82) is 0 Å². The van der Waals surface area contributed by atoms with Gasteiger partial charge >= 0.3 is 5.97 Å². The number of hydrogen-bond acceptors (Lipinski definition) is 3. The fourth-order valence-electron chi connectivity index (χ4n) is 1.40. The lowest BCUT2D eigenvalue weighted by Gasteiger charge is -2.16. The van der Waals surface area contributed by atoms with Crippen molar-refractivity contribution in [3.8, 4) is 0 Å². The third-order valence-electron chi connectivity index (χ3n) is 2.73. The average Bonchev–Trinajstić information content (AvgIpc) is 2.28. The molecule has 100 valence electrons. The van der Waals surface area contributed by atoms with Crippen molar-refractivity contribution in [2.45, 2.75) is 32.1 Å². The van der Waals surface area contributed by atoms with Crippen LogP contribution in [0.25, 0.3) is 0 Å². The summed E-state index contributed by atoms with van der Waals surface area (Å²) in [5.74, 6) is -1.36. The van der Waals surface area contributed by atoms with Crippen LogP contribution in [-0.4, -0.2) is 24.7 Å². The molecule has 0 spiro atoms. The fourth-order valence-corrected chi connectivity index (χ4v) is 2.50. The molecular weight excluding hydrogens is 254 g/mol. The Hall–Kier alpha value is -1.40. The number of rotatable bonds is 5. The maximum Gasteiger partial charge on any atom is 0.323 e. The smallest absolute Gasteiger partial charge is 0.323 e. The number of benzene rings is 1. The Kier molecular flexibility index (Phi) is 4.48. The van der Waals surface area contributed by atoms with Crippen LogP contribution in [0.15, 0.2) is 24.3 Å². The quantitative estimate of drug-likeness (QED) is 0.849. The first-order chi connectivity index (χ1) is 8.24. The number of sulfonamides is 1. The second kappa shape index (κ2) is 5.49. The van der Waals surface area contributed by atoms with Gasteiger partial charge < -0.3 is 5.11 Å². The Morgan fingerprint density at radius 3 is 2.17 bits per heavy atom. The van der Waals surface area contributed by atoms with Crippen molar-refractivity contribution >= 4 is 16.0 Å². The van der Waals surface area contributed by atoms with Crippen LogP contribution in [0.5, 0.6) is 0 Å². The topological polar surface area (TPSA) is 83.5 Å². The predicted octanol–water partition coefficient (Wildman–Crippen LogP) is 1.45. The molecule has 0 fully saturated rings. The van der Waals surface area contributed by atoms with Crippen LogP contribution >= 0.6 is 0 Å². The van der Waals surface area contributed by atoms with E-state index in [9.17, 15) is 13.2 Å². The van der Waals surface area contributed by atoms with Gasteiger partial charge in [0, 0.05) is 6.04 Å². The van der Waals surface area contributed by atoms with E-state index in [2.05, 4.69) is 4.72 Å². The Morgan fingerprint density at radius 2 is 1.72 bits per heavy atom. The van der Waals surface area contributed by atoms with Gasteiger partial charge in [-0.2, -0.15) is 0 Å². The number of carboxylic acids is 1. The predicted molar refractivity (Wildman–Crippen MR) is 68.7 cm³/mol. The first-order valence-electron chi connectivity index (χ1n) is 5.54. The molecule has 0 heterocycles. The standard InChI is InChI=1S/C12H17NO4S/c1-8-4-6-11(7-5-8)9(2)13-18(16,17)10(3)12(14)15/h4-7,9-10,13H,1-3H3,(H,14,15). The minimum atomic E-state index is -3.87. The molecule has 0 bridgehead atoms. The zero-order valence-corrected chi connectivity index (χ0v) is 11.4. The summed E-state index contributed by atoms with van der Waals surface area (Å²) in [5, 5.41) is 7.25. The maximum atomic E-state index is 11.7. The van der Waals surface area contributed by atoms with Crippen LogP contribution < -0.4 is 4.72 Å². The summed E-state index contributed by atoms with van der Waals surface area (Å²) < 4.78 is 25.8. The summed E-state index contributed by atoms with van der Waals surface area (Å²) in [7, 11) is -3.87. The molecule has 0 saturated heterocycles. The van der Waals surface area contributed by atoms with Crippen molar-refractivity contribution in [3.05, 3.63) is 35.4 Å². The molecule has 1 aromatic rings. The van der Waals surface area contributed by atoms with Crippen LogP contribution in [0.2, 0.25) is 0 Å². The minimum Gasteiger partial charge on any atom is -0.480 e. The second-order valence-corrected chi connectivity index (χ2v) is 6.31. The number of aliphatic carboxylic acids is 1. The normalized spacial score (nSPS) is 15.1. The summed E-state index contributed by atoms with van der Waals surface area (Å²) in [6, 6.07) is 6.92. The van der Waals surface area contributed by atoms with Crippen LogP contribution in [0.3, 0.4) is 0 Å². The number of nitrogens with one attached hydrogen (secondary N) is 1. The van der Waals surface area contributed by atoms with E-state index in [0.717, 1.165) is 18.1 Å². The molecule has 0 saturated carbocycles. The van der Waals surface area contributed by atoms with Gasteiger partial charge in [0.25, 0.3) is 0 Å². The van der Waals surface area contributed by atoms with E-state index < -0.39 is 27.3 Å². The van der Waals surface area contributed by atoms with Gasteiger partial charge in [-0.25, -0.2) is 13.1 Å². The molecule has 0 aliphatic rings. The molecule has 0 amide bonds. The van der Waals surface area contributed by atoms with Gasteiger partial charge in [-0.3, -0.25) is 4.79 Å². The molecule has 0 radical (unpaired) electrons. The van der Waals surface area contributed by atoms with Crippen molar-refractivity contribution in [2.75, 3.05) is 0 Å². The van der Waals surface area contributed by atoms with Gasteiger partial charge in [0.05, 0.1) is 0 Å². The van der Waals surface area contributed by atoms with Crippen molar-refractivity contribution in [3.63, 3.8) is 0 Å². The number of aryl methyl sites for hydroxylation is 1. The van der Waals surface area contributed by atoms with Gasteiger partial charge in [0.15, 0.2) is 5.25 Å². The lowest BCUT2D eigenvalue weighted by Crippen LogP contribution is -2.38. The monoisotopic (exact) mass is 271 g/mol. The molecule has 0 aliphatic carbocycles. The zero-order chi connectivity index (χ0) is 13.9. The average molecular weight is 271 g/mol. The molecular formula is C12H17NO4S. The van der Waals surface area contributed by atoms with Gasteiger partial charge in [0.1, 0.15) is 0 Å². The SMILES string of the molecule is Cc1ccc(C(C)NS(=O)(=O)C(C)C(=O)O)cc1. The molecule has 2 unspecified atom stereocenters. The van der Waals surface area contributed by atoms with Gasteiger partial charge in [-0.15, -0.1) is 0 Å². The molecule has 0 aliphatic heterocycles. The first-order valence-corrected chi connectivity index (χ1v) is 7.09. The zero-order valence-electron chi connectivity index (χ0n) is 10.5. The highest BCUT2D eigenvalue weighted by atomic mass is 32.2. The third kappa shape index (κ3) is 3.54. The van der Waals surface area contributed by atoms with Gasteiger partial charge in [-0.05, 0) is 26.3 Å². The van der Waals surface area contributed by atoms with Crippen molar-refractivity contribution < 1.29 is 18.3 Å². The molecule has 2 N–H and O–H groups in total. The summed E-state index contributed by atoms with van der Waals surface area (Å²) in [4.78, 5) is 10.7. The van der Waals surface area contributed by atoms with E-state index in [1.54, 1.807) is 6.92 Å². The van der Waals surface area contributed by atoms with Crippen molar-refractivity contribution in [2.24, 2.45) is 0 Å². The largest absolute Gasteiger partial charge is 0.480 e. The summed E-state index contributed by atoms with van der Waals surface area (Å²) in [6.45, 7) is 4.76.